The van der Waals surface area contributed by atoms with Crippen molar-refractivity contribution in [3.8, 4) is 5.75 Å². The lowest BCUT2D eigenvalue weighted by molar-refractivity contribution is -0.125. The molecule has 0 saturated carbocycles. The average Bonchev–Trinajstić information content (AvgIpc) is 2.70. The van der Waals surface area contributed by atoms with Gasteiger partial charge in [0.05, 0.1) is 11.5 Å². The van der Waals surface area contributed by atoms with E-state index in [1.807, 2.05) is 31.2 Å². The summed E-state index contributed by atoms with van der Waals surface area (Å²) in [6.07, 6.45) is 2.22. The van der Waals surface area contributed by atoms with Gasteiger partial charge in [-0.3, -0.25) is 4.79 Å². The summed E-state index contributed by atoms with van der Waals surface area (Å²) in [5.74, 6) is 0.382. The van der Waals surface area contributed by atoms with Gasteiger partial charge in [0.1, 0.15) is 11.6 Å². The van der Waals surface area contributed by atoms with Crippen LogP contribution in [0.2, 0.25) is 0 Å². The van der Waals surface area contributed by atoms with Crippen molar-refractivity contribution in [3.05, 3.63) is 59.9 Å². The van der Waals surface area contributed by atoms with Crippen LogP contribution in [0.4, 0.5) is 10.1 Å². The van der Waals surface area contributed by atoms with E-state index < -0.39 is 5.41 Å². The first kappa shape index (κ1) is 19.4. The number of rotatable bonds is 6. The molecule has 27 heavy (non-hydrogen) atoms. The number of hydrogen-bond acceptors (Lipinski definition) is 3. The van der Waals surface area contributed by atoms with Crippen molar-refractivity contribution in [1.82, 2.24) is 0 Å². The number of nitrogens with one attached hydrogen (secondary N) is 1. The second kappa shape index (κ2) is 8.53. The van der Waals surface area contributed by atoms with Crippen LogP contribution in [-0.2, 0) is 14.9 Å². The van der Waals surface area contributed by atoms with Crippen LogP contribution >= 0.6 is 0 Å². The van der Waals surface area contributed by atoms with Crippen LogP contribution in [0.1, 0.15) is 38.7 Å². The molecule has 1 aliphatic rings. The molecule has 5 heteroatoms. The zero-order valence-electron chi connectivity index (χ0n) is 15.8. The number of carbonyl (C=O) groups excluding carboxylic acids is 1. The Labute approximate surface area is 159 Å². The Morgan fingerprint density at radius 1 is 1.15 bits per heavy atom. The van der Waals surface area contributed by atoms with Crippen LogP contribution in [-0.4, -0.2) is 25.2 Å². The second-order valence-electron chi connectivity index (χ2n) is 7.02. The predicted molar refractivity (Wildman–Crippen MR) is 104 cm³/mol. The van der Waals surface area contributed by atoms with Crippen molar-refractivity contribution in [2.24, 2.45) is 0 Å². The van der Waals surface area contributed by atoms with Gasteiger partial charge in [-0.05, 0) is 68.1 Å². The molecule has 4 nitrogen and oxygen atoms in total. The summed E-state index contributed by atoms with van der Waals surface area (Å²) >= 11 is 0. The van der Waals surface area contributed by atoms with Crippen LogP contribution in [0, 0.1) is 5.82 Å². The van der Waals surface area contributed by atoms with Crippen molar-refractivity contribution < 1.29 is 18.7 Å². The van der Waals surface area contributed by atoms with E-state index in [2.05, 4.69) is 12.2 Å². The maximum Gasteiger partial charge on any atom is 0.235 e. The molecular weight excluding hydrogens is 345 g/mol. The molecule has 1 fully saturated rings. The van der Waals surface area contributed by atoms with Gasteiger partial charge in [-0.2, -0.15) is 0 Å². The van der Waals surface area contributed by atoms with Crippen LogP contribution in [0.15, 0.2) is 48.5 Å². The third kappa shape index (κ3) is 4.48. The van der Waals surface area contributed by atoms with Crippen molar-refractivity contribution in [2.75, 3.05) is 18.5 Å². The van der Waals surface area contributed by atoms with E-state index >= 15 is 0 Å². The van der Waals surface area contributed by atoms with E-state index in [0.717, 1.165) is 17.7 Å². The molecule has 1 aliphatic heterocycles. The fourth-order valence-electron chi connectivity index (χ4n) is 3.32. The molecule has 1 amide bonds. The molecule has 2 aromatic carbocycles. The first-order valence-electron chi connectivity index (χ1n) is 9.45. The lowest BCUT2D eigenvalue weighted by Gasteiger charge is -2.36. The third-order valence-electron chi connectivity index (χ3n) is 5.20. The molecule has 0 bridgehead atoms. The topological polar surface area (TPSA) is 47.6 Å². The van der Waals surface area contributed by atoms with E-state index in [0.29, 0.717) is 31.7 Å². The lowest BCUT2D eigenvalue weighted by atomic mass is 9.73. The SMILES string of the molecule is CC[C@H](C)Oc1ccc(NC(=O)C2(c3ccc(F)cc3)CCOCC2)cc1. The first-order valence-corrected chi connectivity index (χ1v) is 9.45. The minimum absolute atomic E-state index is 0.0898. The summed E-state index contributed by atoms with van der Waals surface area (Å²) in [7, 11) is 0. The number of carbonyl (C=O) groups is 1. The Morgan fingerprint density at radius 3 is 2.37 bits per heavy atom. The van der Waals surface area contributed by atoms with Crippen LogP contribution in [0.25, 0.3) is 0 Å². The minimum atomic E-state index is -0.710. The Hall–Kier alpha value is -2.40. The van der Waals surface area contributed by atoms with Gasteiger partial charge in [-0.1, -0.05) is 19.1 Å². The normalized spacial score (nSPS) is 17.1. The van der Waals surface area contributed by atoms with Crippen LogP contribution < -0.4 is 10.1 Å². The molecular formula is C22H26FNO3. The summed E-state index contributed by atoms with van der Waals surface area (Å²) in [6.45, 7) is 5.11. The van der Waals surface area contributed by atoms with Gasteiger partial charge < -0.3 is 14.8 Å². The van der Waals surface area contributed by atoms with E-state index in [1.165, 1.54) is 12.1 Å². The first-order chi connectivity index (χ1) is 13.0. The largest absolute Gasteiger partial charge is 0.491 e. The highest BCUT2D eigenvalue weighted by atomic mass is 19.1. The molecule has 1 N–H and O–H groups in total. The second-order valence-corrected chi connectivity index (χ2v) is 7.02. The van der Waals surface area contributed by atoms with Crippen molar-refractivity contribution in [1.29, 1.82) is 0 Å². The number of halogens is 1. The van der Waals surface area contributed by atoms with Gasteiger partial charge >= 0.3 is 0 Å². The zero-order chi connectivity index (χ0) is 19.3. The van der Waals surface area contributed by atoms with Gasteiger partial charge in [0.2, 0.25) is 5.91 Å². The molecule has 0 aromatic heterocycles. The predicted octanol–water partition coefficient (Wildman–Crippen LogP) is 4.69. The van der Waals surface area contributed by atoms with Gasteiger partial charge in [-0.15, -0.1) is 0 Å². The third-order valence-corrected chi connectivity index (χ3v) is 5.20. The number of benzene rings is 2. The Morgan fingerprint density at radius 2 is 1.78 bits per heavy atom. The van der Waals surface area contributed by atoms with Gasteiger partial charge in [0, 0.05) is 18.9 Å². The van der Waals surface area contributed by atoms with E-state index in [4.69, 9.17) is 9.47 Å². The van der Waals surface area contributed by atoms with Crippen molar-refractivity contribution >= 4 is 11.6 Å². The molecule has 1 atom stereocenters. The summed E-state index contributed by atoms with van der Waals surface area (Å²) in [5, 5.41) is 3.02. The summed E-state index contributed by atoms with van der Waals surface area (Å²) < 4.78 is 24.6. The number of ether oxygens (including phenoxy) is 2. The molecule has 0 radical (unpaired) electrons. The van der Waals surface area contributed by atoms with Crippen LogP contribution in [0.3, 0.4) is 0 Å². The number of anilines is 1. The Bertz CT molecular complexity index is 752. The summed E-state index contributed by atoms with van der Waals surface area (Å²) in [6, 6.07) is 13.6. The highest BCUT2D eigenvalue weighted by Gasteiger charge is 2.41. The fraction of sp³-hybridized carbons (Fsp3) is 0.409. The van der Waals surface area contributed by atoms with Gasteiger partial charge in [-0.25, -0.2) is 4.39 Å². The Kier molecular flexibility index (Phi) is 6.11. The summed E-state index contributed by atoms with van der Waals surface area (Å²) in [4.78, 5) is 13.2. The van der Waals surface area contributed by atoms with Gasteiger partial charge in [0.15, 0.2) is 0 Å². The number of hydrogen-bond donors (Lipinski definition) is 1. The molecule has 0 aliphatic carbocycles. The molecule has 0 unspecified atom stereocenters. The standard InChI is InChI=1S/C22H26FNO3/c1-3-16(2)27-20-10-8-19(9-11-20)24-21(25)22(12-14-26-15-13-22)17-4-6-18(23)7-5-17/h4-11,16H,3,12-15H2,1-2H3,(H,24,25)/t16-/m0/s1. The summed E-state index contributed by atoms with van der Waals surface area (Å²) in [5.41, 5.74) is 0.823. The van der Waals surface area contributed by atoms with E-state index in [-0.39, 0.29) is 17.8 Å². The van der Waals surface area contributed by atoms with Crippen LogP contribution in [0.5, 0.6) is 5.75 Å². The average molecular weight is 371 g/mol. The molecule has 2 aromatic rings. The van der Waals surface area contributed by atoms with Gasteiger partial charge in [0.25, 0.3) is 0 Å². The van der Waals surface area contributed by atoms with Crippen molar-refractivity contribution in [3.63, 3.8) is 0 Å². The maximum atomic E-state index is 13.3. The molecule has 1 saturated heterocycles. The molecule has 1 heterocycles. The molecule has 144 valence electrons. The smallest absolute Gasteiger partial charge is 0.235 e. The quantitative estimate of drug-likeness (QED) is 0.801. The highest BCUT2D eigenvalue weighted by Crippen LogP contribution is 2.36. The monoisotopic (exact) mass is 371 g/mol. The van der Waals surface area contributed by atoms with Crippen molar-refractivity contribution in [2.45, 2.75) is 44.6 Å². The fourth-order valence-corrected chi connectivity index (χ4v) is 3.32. The highest BCUT2D eigenvalue weighted by molar-refractivity contribution is 5.99. The Balaban J connectivity index is 1.78. The van der Waals surface area contributed by atoms with E-state index in [1.54, 1.807) is 12.1 Å². The molecule has 3 rings (SSSR count). The van der Waals surface area contributed by atoms with E-state index in [9.17, 15) is 9.18 Å². The number of amides is 1. The zero-order valence-corrected chi connectivity index (χ0v) is 15.8. The lowest BCUT2D eigenvalue weighted by Crippen LogP contribution is -2.44. The minimum Gasteiger partial charge on any atom is -0.491 e. The molecule has 0 spiro atoms. The maximum absolute atomic E-state index is 13.3.